The van der Waals surface area contributed by atoms with Crippen LogP contribution >= 0.6 is 7.75 Å². The maximum absolute atomic E-state index is 13.8. The fourth-order valence-electron chi connectivity index (χ4n) is 8.99. The Morgan fingerprint density at radius 1 is 0.756 bits per heavy atom. The Morgan fingerprint density at radius 3 is 1.83 bits per heavy atom. The minimum absolute atomic E-state index is 0.0306. The smallest absolute Gasteiger partial charge is 0.459 e. The summed E-state index contributed by atoms with van der Waals surface area (Å²) in [6.45, 7) is 15.6. The molecule has 0 spiro atoms. The molecule has 8 rings (SSSR count). The van der Waals surface area contributed by atoms with Crippen molar-refractivity contribution < 1.29 is 52.0 Å². The van der Waals surface area contributed by atoms with Crippen molar-refractivity contribution in [1.82, 2.24) is 24.2 Å². The average molecular weight is 1110 g/mol. The van der Waals surface area contributed by atoms with Crippen molar-refractivity contribution in [2.45, 2.75) is 133 Å². The van der Waals surface area contributed by atoms with Gasteiger partial charge >= 0.3 is 25.1 Å². The average Bonchev–Trinajstić information content (AvgIpc) is 4.10. The summed E-state index contributed by atoms with van der Waals surface area (Å²) in [6, 6.07) is 38.7. The Morgan fingerprint density at radius 2 is 1.29 bits per heavy atom. The molecule has 2 saturated heterocycles. The monoisotopic (exact) mass is 1110 g/mol. The number of anilines is 2. The number of para-hydroxylation sites is 1. The summed E-state index contributed by atoms with van der Waals surface area (Å²) in [4.78, 5) is 46.0. The Labute approximate surface area is 455 Å². The van der Waals surface area contributed by atoms with Gasteiger partial charge in [0.15, 0.2) is 20.8 Å². The second kappa shape index (κ2) is 25.1. The predicted octanol–water partition coefficient (Wildman–Crippen LogP) is 7.93. The van der Waals surface area contributed by atoms with Crippen LogP contribution in [0.1, 0.15) is 83.5 Å². The van der Waals surface area contributed by atoms with Gasteiger partial charge in [-0.25, -0.2) is 14.2 Å². The molecule has 6 N–H and O–H groups in total. The molecule has 78 heavy (non-hydrogen) atoms. The van der Waals surface area contributed by atoms with Crippen molar-refractivity contribution in [3.8, 4) is 11.5 Å². The highest BCUT2D eigenvalue weighted by atomic mass is 31.2. The van der Waals surface area contributed by atoms with Gasteiger partial charge in [0.25, 0.3) is 0 Å². The van der Waals surface area contributed by atoms with Crippen molar-refractivity contribution in [2.24, 2.45) is 0 Å². The molecular formula is C56H72N7O13PSi. The van der Waals surface area contributed by atoms with Crippen molar-refractivity contribution in [3.63, 3.8) is 0 Å². The van der Waals surface area contributed by atoms with Crippen LogP contribution in [0, 0.1) is 0 Å². The number of methoxy groups -OCH3 is 2. The molecule has 4 heterocycles. The second-order valence-corrected chi connectivity index (χ2v) is 27.2. The molecule has 0 aliphatic carbocycles. The number of hydrogen-bond acceptors (Lipinski definition) is 17. The van der Waals surface area contributed by atoms with E-state index in [4.69, 9.17) is 33.4 Å². The zero-order valence-electron chi connectivity index (χ0n) is 45.6. The molecule has 6 aromatic rings. The summed E-state index contributed by atoms with van der Waals surface area (Å²) in [5, 5.41) is 27.1. The van der Waals surface area contributed by atoms with E-state index >= 15 is 0 Å². The molecule has 0 amide bonds. The lowest BCUT2D eigenvalue weighted by Gasteiger charge is -2.39. The Balaban J connectivity index is 0.000000238. The van der Waals surface area contributed by atoms with Gasteiger partial charge in [-0.1, -0.05) is 112 Å². The van der Waals surface area contributed by atoms with E-state index < -0.39 is 94.1 Å². The maximum Gasteiger partial charge on any atom is 0.459 e. The van der Waals surface area contributed by atoms with Crippen LogP contribution in [0.15, 0.2) is 149 Å². The minimum Gasteiger partial charge on any atom is -0.497 e. The fourth-order valence-corrected chi connectivity index (χ4v) is 12.0. The SMILES string of the molecule is COC(=O)[C@H](C)NP(=O)(Oc1ccccc1)O[C@H](C)C1C[C@@H](O)[C@H](n2ccc(N)nc2=O)O1.COc1ccc(C(Nc2ccn([C@@H]3OC(C(C)O)C[C@H]3O[Si](C)(C)C(C)(C)C)c(=O)n2)(c2ccccc2)c2ccccc2)cc1. The van der Waals surface area contributed by atoms with E-state index in [-0.39, 0.29) is 23.0 Å². The van der Waals surface area contributed by atoms with Crippen molar-refractivity contribution in [2.75, 3.05) is 25.3 Å². The number of esters is 1. The number of carbonyl (C=O) groups is 1. The van der Waals surface area contributed by atoms with Crippen LogP contribution in [0.5, 0.6) is 11.5 Å². The molecule has 0 radical (unpaired) electrons. The van der Waals surface area contributed by atoms with Crippen LogP contribution in [-0.4, -0.2) is 100 Å². The lowest BCUT2D eigenvalue weighted by molar-refractivity contribution is -0.142. The Kier molecular flexibility index (Phi) is 19.0. The number of nitrogens with one attached hydrogen (secondary N) is 2. The molecule has 4 aromatic carbocycles. The summed E-state index contributed by atoms with van der Waals surface area (Å²) in [7, 11) is -3.47. The van der Waals surface area contributed by atoms with E-state index in [1.165, 1.54) is 30.9 Å². The lowest BCUT2D eigenvalue weighted by Crippen LogP contribution is -2.46. The zero-order chi connectivity index (χ0) is 56.6. The van der Waals surface area contributed by atoms with Crippen molar-refractivity contribution in [3.05, 3.63) is 177 Å². The molecule has 2 aromatic heterocycles. The summed E-state index contributed by atoms with van der Waals surface area (Å²) < 4.78 is 56.4. The molecular weight excluding hydrogens is 1040 g/mol. The molecule has 4 unspecified atom stereocenters. The number of aliphatic hydroxyl groups excluding tert-OH is 2. The molecule has 0 saturated carbocycles. The number of aliphatic hydroxyl groups is 2. The number of benzene rings is 4. The minimum atomic E-state index is -4.11. The van der Waals surface area contributed by atoms with E-state index in [0.717, 1.165) is 27.0 Å². The fraction of sp³-hybridized carbons (Fsp3) is 0.411. The van der Waals surface area contributed by atoms with Crippen LogP contribution in [-0.2, 0) is 38.1 Å². The predicted molar refractivity (Wildman–Crippen MR) is 297 cm³/mol. The van der Waals surface area contributed by atoms with Gasteiger partial charge in [-0.3, -0.25) is 18.5 Å². The number of nitrogens with two attached hydrogens (primary N) is 1. The number of nitrogens with zero attached hydrogens (tertiary/aromatic N) is 4. The number of nitrogen functional groups attached to an aromatic ring is 1. The highest BCUT2D eigenvalue weighted by Crippen LogP contribution is 2.48. The first-order valence-electron chi connectivity index (χ1n) is 25.7. The number of ether oxygens (including phenoxy) is 4. The van der Waals surface area contributed by atoms with Crippen molar-refractivity contribution in [1.29, 1.82) is 0 Å². The molecule has 418 valence electrons. The van der Waals surface area contributed by atoms with E-state index in [1.807, 2.05) is 60.7 Å². The Bertz CT molecular complexity index is 3050. The standard InChI is InChI=1S/C36H45N3O5Si.C20H27N4O8P/c1-25(40)30-24-31(44-45(6,7)35(2,3)4)33(43-30)39-23-22-32(37-34(39)41)38-36(26-14-10-8-11-15-26,27-16-12-9-13-17-27)28-18-20-29(42-5)21-19-28;1-12(19(26)29-3)23-33(28,32-14-7-5-4-6-8-14)31-13(2)16-11-15(25)18(30-16)24-10-9-17(21)22-20(24)27/h8-23,25,30-31,33,40H,24H2,1-7H3,(H,37,38,41);4-10,12-13,15-16,18,25H,11H2,1-3H3,(H,23,28)(H2,21,22,27)/t25?,30?,31-,33-;12-,13+,15+,16?,18+,33?/m10/s1. The summed E-state index contributed by atoms with van der Waals surface area (Å²) in [5.41, 5.74) is 6.39. The van der Waals surface area contributed by atoms with Gasteiger partial charge in [0.05, 0.1) is 44.7 Å². The first-order valence-corrected chi connectivity index (χ1v) is 30.1. The third kappa shape index (κ3) is 13.8. The van der Waals surface area contributed by atoms with Crippen LogP contribution in [0.4, 0.5) is 11.6 Å². The van der Waals surface area contributed by atoms with Gasteiger partial charge in [-0.05, 0) is 92.0 Å². The topological polar surface area (TPSA) is 259 Å². The first kappa shape index (κ1) is 59.1. The number of carbonyl (C=O) groups excluding carboxylic acids is 1. The van der Waals surface area contributed by atoms with Crippen LogP contribution in [0.2, 0.25) is 18.1 Å². The van der Waals surface area contributed by atoms with Gasteiger partial charge in [0.2, 0.25) is 0 Å². The molecule has 2 aliphatic rings. The Hall–Kier alpha value is -6.52. The van der Waals surface area contributed by atoms with E-state index in [2.05, 4.69) is 83.2 Å². The normalized spacial score (nSPS) is 21.5. The largest absolute Gasteiger partial charge is 0.497 e. The van der Waals surface area contributed by atoms with E-state index in [0.29, 0.717) is 12.2 Å². The molecule has 0 bridgehead atoms. The number of aromatic nitrogens is 4. The van der Waals surface area contributed by atoms with Crippen LogP contribution < -0.4 is 36.8 Å². The third-order valence-corrected chi connectivity index (χ3v) is 20.5. The maximum atomic E-state index is 13.8. The molecule has 2 fully saturated rings. The van der Waals surface area contributed by atoms with Gasteiger partial charge in [-0.2, -0.15) is 15.1 Å². The molecule has 20 nitrogen and oxygen atoms in total. The number of hydrogen-bond donors (Lipinski definition) is 5. The van der Waals surface area contributed by atoms with Gasteiger partial charge < -0.3 is 49.2 Å². The number of rotatable bonds is 19. The summed E-state index contributed by atoms with van der Waals surface area (Å²) in [6.07, 6.45) is -2.30. The summed E-state index contributed by atoms with van der Waals surface area (Å²) in [5.74, 6) is 0.790. The van der Waals surface area contributed by atoms with Crippen molar-refractivity contribution >= 4 is 33.7 Å². The summed E-state index contributed by atoms with van der Waals surface area (Å²) >= 11 is 0. The van der Waals surface area contributed by atoms with Gasteiger partial charge in [0, 0.05) is 25.2 Å². The third-order valence-electron chi connectivity index (χ3n) is 14.2. The highest BCUT2D eigenvalue weighted by Gasteiger charge is 2.47. The molecule has 2 aliphatic heterocycles. The second-order valence-electron chi connectivity index (χ2n) is 20.8. The van der Waals surface area contributed by atoms with Crippen LogP contribution in [0.3, 0.4) is 0 Å². The quantitative estimate of drug-likeness (QED) is 0.0223. The van der Waals surface area contributed by atoms with E-state index in [9.17, 15) is 29.2 Å². The lowest BCUT2D eigenvalue weighted by atomic mass is 9.77. The van der Waals surface area contributed by atoms with Gasteiger partial charge in [-0.15, -0.1) is 0 Å². The van der Waals surface area contributed by atoms with E-state index in [1.54, 1.807) is 63.6 Å². The van der Waals surface area contributed by atoms with Crippen LogP contribution in [0.25, 0.3) is 0 Å². The first-order chi connectivity index (χ1) is 37.0. The molecule has 22 heteroatoms. The zero-order valence-corrected chi connectivity index (χ0v) is 47.5. The van der Waals surface area contributed by atoms with Gasteiger partial charge in [0.1, 0.15) is 40.8 Å². The highest BCUT2D eigenvalue weighted by molar-refractivity contribution is 7.52. The molecule has 10 atom stereocenters.